The largest absolute Gasteiger partial charge is 0.329 e. The van der Waals surface area contributed by atoms with Crippen LogP contribution in [0.15, 0.2) is 36.5 Å². The number of hydrogen-bond donors (Lipinski definition) is 1. The fraction of sp³-hybridized carbons (Fsp3) is 0.400. The summed E-state index contributed by atoms with van der Waals surface area (Å²) in [5.41, 5.74) is 7.96. The average molecular weight is 243 g/mol. The lowest BCUT2D eigenvalue weighted by atomic mass is 10.1. The monoisotopic (exact) mass is 243 g/mol. The lowest BCUT2D eigenvalue weighted by molar-refractivity contribution is 0.273. The minimum absolute atomic E-state index is 0.709. The van der Waals surface area contributed by atoms with E-state index < -0.39 is 0 Å². The molecule has 0 unspecified atom stereocenters. The quantitative estimate of drug-likeness (QED) is 0.847. The Morgan fingerprint density at radius 3 is 2.83 bits per heavy atom. The first-order valence-electron chi connectivity index (χ1n) is 6.59. The summed E-state index contributed by atoms with van der Waals surface area (Å²) in [5.74, 6) is 0. The number of nitrogens with zero attached hydrogens (tertiary/aromatic N) is 2. The number of fused-ring (bicyclic) bond motifs is 1. The molecule has 1 aromatic heterocycles. The Hall–Kier alpha value is -1.45. The van der Waals surface area contributed by atoms with Gasteiger partial charge in [-0.2, -0.15) is 0 Å². The van der Waals surface area contributed by atoms with Crippen LogP contribution in [0.5, 0.6) is 0 Å². The molecule has 2 rings (SSSR count). The molecule has 0 spiro atoms. The van der Waals surface area contributed by atoms with Gasteiger partial charge in [-0.15, -0.1) is 0 Å². The number of aromatic nitrogens is 1. The molecule has 2 aromatic rings. The molecule has 0 saturated carbocycles. The highest BCUT2D eigenvalue weighted by atomic mass is 15.1. The van der Waals surface area contributed by atoms with Crippen molar-refractivity contribution in [3.63, 3.8) is 0 Å². The minimum atomic E-state index is 0.709. The number of pyridine rings is 1. The molecule has 0 amide bonds. The molecule has 18 heavy (non-hydrogen) atoms. The molecule has 0 aliphatic rings. The molecule has 1 aromatic carbocycles. The zero-order valence-electron chi connectivity index (χ0n) is 11.0. The van der Waals surface area contributed by atoms with Crippen molar-refractivity contribution in [1.29, 1.82) is 0 Å². The lowest BCUT2D eigenvalue weighted by Gasteiger charge is -2.20. The van der Waals surface area contributed by atoms with Crippen LogP contribution in [0.25, 0.3) is 10.9 Å². The Morgan fingerprint density at radius 1 is 1.22 bits per heavy atom. The smallest absolute Gasteiger partial charge is 0.0702 e. The Balaban J connectivity index is 2.14. The zero-order valence-corrected chi connectivity index (χ0v) is 11.0. The highest BCUT2D eigenvalue weighted by Gasteiger charge is 2.05. The van der Waals surface area contributed by atoms with E-state index in [9.17, 15) is 0 Å². The highest BCUT2D eigenvalue weighted by Crippen LogP contribution is 2.14. The summed E-state index contributed by atoms with van der Waals surface area (Å²) in [4.78, 5) is 6.88. The molecule has 0 fully saturated rings. The number of para-hydroxylation sites is 1. The summed E-state index contributed by atoms with van der Waals surface area (Å²) in [6.45, 7) is 5.87. The molecule has 0 atom stereocenters. The first-order chi connectivity index (χ1) is 8.83. The van der Waals surface area contributed by atoms with Crippen molar-refractivity contribution >= 4 is 10.9 Å². The summed E-state index contributed by atoms with van der Waals surface area (Å²) in [6, 6.07) is 10.5. The van der Waals surface area contributed by atoms with Gasteiger partial charge in [-0.1, -0.05) is 25.1 Å². The first kappa shape index (κ1) is 13.0. The fourth-order valence-electron chi connectivity index (χ4n) is 2.23. The van der Waals surface area contributed by atoms with Crippen molar-refractivity contribution in [2.45, 2.75) is 19.9 Å². The molecule has 1 heterocycles. The second-order valence-corrected chi connectivity index (χ2v) is 4.60. The molecule has 2 N–H and O–H groups in total. The molecule has 3 nitrogen and oxygen atoms in total. The first-order valence-corrected chi connectivity index (χ1v) is 6.59. The average Bonchev–Trinajstić information content (AvgIpc) is 2.39. The maximum atomic E-state index is 5.65. The third-order valence-corrected chi connectivity index (χ3v) is 3.04. The molecule has 96 valence electrons. The predicted molar refractivity (Wildman–Crippen MR) is 76.4 cm³/mol. The van der Waals surface area contributed by atoms with Crippen LogP contribution in [0.3, 0.4) is 0 Å². The van der Waals surface area contributed by atoms with Crippen LogP contribution in [0, 0.1) is 0 Å². The van der Waals surface area contributed by atoms with Gasteiger partial charge in [0, 0.05) is 31.2 Å². The third kappa shape index (κ3) is 3.28. The van der Waals surface area contributed by atoms with Gasteiger partial charge in [-0.25, -0.2) is 0 Å². The molecule has 3 heteroatoms. The lowest BCUT2D eigenvalue weighted by Crippen LogP contribution is -2.29. The van der Waals surface area contributed by atoms with E-state index >= 15 is 0 Å². The Kier molecular flexibility index (Phi) is 4.67. The molecule has 0 aliphatic heterocycles. The summed E-state index contributed by atoms with van der Waals surface area (Å²) in [7, 11) is 0. The number of nitrogens with two attached hydrogens (primary N) is 1. The summed E-state index contributed by atoms with van der Waals surface area (Å²) in [5, 5.41) is 1.21. The maximum Gasteiger partial charge on any atom is 0.0702 e. The van der Waals surface area contributed by atoms with Crippen LogP contribution in [0.2, 0.25) is 0 Å². The van der Waals surface area contributed by atoms with E-state index in [-0.39, 0.29) is 0 Å². The van der Waals surface area contributed by atoms with Gasteiger partial charge < -0.3 is 5.73 Å². The van der Waals surface area contributed by atoms with Gasteiger partial charge in [0.1, 0.15) is 0 Å². The van der Waals surface area contributed by atoms with E-state index in [0.717, 1.165) is 31.6 Å². The topological polar surface area (TPSA) is 42.1 Å². The molecular formula is C15H21N3. The van der Waals surface area contributed by atoms with Gasteiger partial charge in [0.2, 0.25) is 0 Å². The second kappa shape index (κ2) is 6.47. The Morgan fingerprint density at radius 2 is 2.06 bits per heavy atom. The van der Waals surface area contributed by atoms with Gasteiger partial charge in [0.25, 0.3) is 0 Å². The van der Waals surface area contributed by atoms with E-state index in [1.165, 1.54) is 10.9 Å². The summed E-state index contributed by atoms with van der Waals surface area (Å²) < 4.78 is 0. The van der Waals surface area contributed by atoms with Crippen LogP contribution in [0.4, 0.5) is 0 Å². The van der Waals surface area contributed by atoms with E-state index in [1.807, 2.05) is 18.3 Å². The van der Waals surface area contributed by atoms with Crippen LogP contribution in [-0.4, -0.2) is 29.5 Å². The van der Waals surface area contributed by atoms with Gasteiger partial charge in [0.15, 0.2) is 0 Å². The van der Waals surface area contributed by atoms with Crippen molar-refractivity contribution in [2.24, 2.45) is 5.73 Å². The SMILES string of the molecule is CCCN(CCN)Cc1cnc2ccccc2c1. The molecule has 0 saturated heterocycles. The number of rotatable bonds is 6. The van der Waals surface area contributed by atoms with E-state index in [1.54, 1.807) is 0 Å². The van der Waals surface area contributed by atoms with Crippen LogP contribution in [0.1, 0.15) is 18.9 Å². The molecule has 0 radical (unpaired) electrons. The van der Waals surface area contributed by atoms with Crippen molar-refractivity contribution in [1.82, 2.24) is 9.88 Å². The van der Waals surface area contributed by atoms with Gasteiger partial charge in [-0.3, -0.25) is 9.88 Å². The van der Waals surface area contributed by atoms with Gasteiger partial charge >= 0.3 is 0 Å². The zero-order chi connectivity index (χ0) is 12.8. The highest BCUT2D eigenvalue weighted by molar-refractivity contribution is 5.78. The molecule has 0 bridgehead atoms. The number of benzene rings is 1. The van der Waals surface area contributed by atoms with Crippen LogP contribution in [-0.2, 0) is 6.54 Å². The Bertz CT molecular complexity index is 490. The van der Waals surface area contributed by atoms with Crippen molar-refractivity contribution in [3.8, 4) is 0 Å². The summed E-state index contributed by atoms with van der Waals surface area (Å²) in [6.07, 6.45) is 3.13. The van der Waals surface area contributed by atoms with Crippen molar-refractivity contribution in [2.75, 3.05) is 19.6 Å². The van der Waals surface area contributed by atoms with Crippen LogP contribution >= 0.6 is 0 Å². The molecule has 0 aliphatic carbocycles. The van der Waals surface area contributed by atoms with Crippen LogP contribution < -0.4 is 5.73 Å². The van der Waals surface area contributed by atoms with E-state index in [2.05, 4.69) is 35.0 Å². The minimum Gasteiger partial charge on any atom is -0.329 e. The van der Waals surface area contributed by atoms with Crippen molar-refractivity contribution < 1.29 is 0 Å². The predicted octanol–water partition coefficient (Wildman–Crippen LogP) is 2.41. The third-order valence-electron chi connectivity index (χ3n) is 3.04. The standard InChI is InChI=1S/C15H21N3/c1-2-8-18(9-7-16)12-13-10-14-5-3-4-6-15(14)17-11-13/h3-6,10-11H,2,7-9,12,16H2,1H3. The maximum absolute atomic E-state index is 5.65. The normalized spacial score (nSPS) is 11.3. The summed E-state index contributed by atoms with van der Waals surface area (Å²) >= 11 is 0. The molecular weight excluding hydrogens is 222 g/mol. The van der Waals surface area contributed by atoms with E-state index in [4.69, 9.17) is 5.73 Å². The van der Waals surface area contributed by atoms with Crippen molar-refractivity contribution in [3.05, 3.63) is 42.1 Å². The Labute approximate surface area is 109 Å². The second-order valence-electron chi connectivity index (χ2n) is 4.60. The van der Waals surface area contributed by atoms with Gasteiger partial charge in [-0.05, 0) is 30.7 Å². The number of hydrogen-bond acceptors (Lipinski definition) is 3. The van der Waals surface area contributed by atoms with Gasteiger partial charge in [0.05, 0.1) is 5.52 Å². The fourth-order valence-corrected chi connectivity index (χ4v) is 2.23. The van der Waals surface area contributed by atoms with E-state index in [0.29, 0.717) is 6.54 Å².